The molecule has 0 saturated carbocycles. The van der Waals surface area contributed by atoms with Gasteiger partial charge in [0.25, 0.3) is 70.9 Å². The molecule has 12 heterocycles. The summed E-state index contributed by atoms with van der Waals surface area (Å²) in [5.41, 5.74) is -0.206. The van der Waals surface area contributed by atoms with Crippen LogP contribution >= 0.6 is 35.3 Å². The summed E-state index contributed by atoms with van der Waals surface area (Å²) in [5.74, 6) is -15.7. The van der Waals surface area contributed by atoms with Gasteiger partial charge in [-0.3, -0.25) is 174 Å². The van der Waals surface area contributed by atoms with Gasteiger partial charge in [-0.25, -0.2) is 0 Å². The highest BCUT2D eigenvalue weighted by molar-refractivity contribution is 8.00. The Bertz CT molecular complexity index is 4140. The third-order valence-corrected chi connectivity index (χ3v) is 24.4. The van der Waals surface area contributed by atoms with Crippen molar-refractivity contribution in [3.05, 3.63) is 73.3 Å². The molecule has 9 atom stereocenters. The Labute approximate surface area is 707 Å². The minimum absolute atomic E-state index is 0.00577. The Kier molecular flexibility index (Phi) is 29.9. The van der Waals surface area contributed by atoms with Gasteiger partial charge in [0.1, 0.15) is 36.6 Å². The lowest BCUT2D eigenvalue weighted by Gasteiger charge is -2.24. The molecule has 9 saturated heterocycles. The molecule has 0 bridgehead atoms. The number of carbonyl (C=O) groups is 24. The molecule has 12 aliphatic rings. The molecule has 0 N–H and O–H groups in total. The first kappa shape index (κ1) is 91.7. The molecule has 45 heteroatoms. The van der Waals surface area contributed by atoms with Crippen molar-refractivity contribution >= 4 is 177 Å². The predicted molar refractivity (Wildman–Crippen MR) is 414 cm³/mol. The summed E-state index contributed by atoms with van der Waals surface area (Å²) in [6.45, 7) is 7.69. The summed E-state index contributed by atoms with van der Waals surface area (Å²) in [7, 11) is 0. The highest BCUT2D eigenvalue weighted by Gasteiger charge is 2.51. The molecule has 42 nitrogen and oxygen atoms in total. The van der Waals surface area contributed by atoms with E-state index in [1.807, 2.05) is 0 Å². The van der Waals surface area contributed by atoms with E-state index in [9.17, 15) is 115 Å². The number of nitrogens with zero attached hydrogens (tertiary/aromatic N) is 12. The summed E-state index contributed by atoms with van der Waals surface area (Å²) >= 11 is 3.56. The van der Waals surface area contributed by atoms with Gasteiger partial charge in [0, 0.05) is 124 Å². The van der Waals surface area contributed by atoms with Crippen LogP contribution in [0.15, 0.2) is 73.3 Å². The number of rotatable bonds is 42. The van der Waals surface area contributed by atoms with Crippen molar-refractivity contribution < 1.29 is 143 Å². The first-order valence-corrected chi connectivity index (χ1v) is 42.5. The molecule has 652 valence electrons. The minimum Gasteiger partial charge on any atom is -0.367 e. The molecular formula is C77H86N12O30S3. The van der Waals surface area contributed by atoms with E-state index in [-0.39, 0.29) is 154 Å². The maximum Gasteiger partial charge on any atom is 0.259 e. The fraction of sp³-hybridized carbons (Fsp3) is 0.532. The Morgan fingerprint density at radius 1 is 0.270 bits per heavy atom. The van der Waals surface area contributed by atoms with Crippen LogP contribution in [0.3, 0.4) is 0 Å². The first-order valence-electron chi connectivity index (χ1n) is 38.6. The molecule has 0 aromatic carbocycles. The zero-order chi connectivity index (χ0) is 88.6. The molecule has 0 aromatic heterocycles. The second-order valence-corrected chi connectivity index (χ2v) is 32.8. The van der Waals surface area contributed by atoms with E-state index >= 15 is 0 Å². The second kappa shape index (κ2) is 39.8. The summed E-state index contributed by atoms with van der Waals surface area (Å²) in [6.07, 6.45) is 2.18. The van der Waals surface area contributed by atoms with Crippen molar-refractivity contribution in [2.75, 3.05) is 117 Å². The van der Waals surface area contributed by atoms with Crippen LogP contribution in [0.25, 0.3) is 0 Å². The summed E-state index contributed by atoms with van der Waals surface area (Å²) in [6, 6.07) is 0. The van der Waals surface area contributed by atoms with Crippen LogP contribution in [0.1, 0.15) is 77.0 Å². The number of hydrogen-bond acceptors (Lipinski definition) is 33. The fourth-order valence-corrected chi connectivity index (χ4v) is 16.8. The molecule has 0 radical (unpaired) electrons. The van der Waals surface area contributed by atoms with Crippen molar-refractivity contribution in [2.45, 2.75) is 129 Å². The molecule has 24 amide bonds. The molecule has 0 spiro atoms. The Hall–Kier alpha value is -11.1. The Balaban J connectivity index is 0.000000239. The quantitative estimate of drug-likeness (QED) is 0.0526. The largest absolute Gasteiger partial charge is 0.367 e. The molecule has 0 aliphatic carbocycles. The van der Waals surface area contributed by atoms with Crippen molar-refractivity contribution in [2.24, 2.45) is 11.8 Å². The maximum absolute atomic E-state index is 13.4. The summed E-state index contributed by atoms with van der Waals surface area (Å²) in [5, 5.41) is -1.86. The SMILES string of the molecule is C=C(CN1C(=O)CC(OCC(COC2CC(=O)N(CC(=C)N3C(=O)CC(SC)C3=O)C2=O)COC2CC(=O)N(CC(=C)N3C(=O)CC(SC)C3=O)C2=O)C1=O)N1C(=O)CC(SC)C1=O.O=C1C=CC(=O)N1CCCN1C(=O)CC(OCC(COC2CC(=O)N(CCCN3C(=O)C=CC3=O)C2=O)COC2CC(=O)N(CCCN3C(=O)C=CC3=O)C2=O)C1=O. The van der Waals surface area contributed by atoms with Gasteiger partial charge in [0.2, 0.25) is 70.9 Å². The number of imide groups is 12. The monoisotopic (exact) mass is 1750 g/mol. The van der Waals surface area contributed by atoms with E-state index in [0.29, 0.717) is 0 Å². The molecule has 9 unspecified atom stereocenters. The van der Waals surface area contributed by atoms with Crippen LogP contribution in [0.4, 0.5) is 0 Å². The van der Waals surface area contributed by atoms with Gasteiger partial charge >= 0.3 is 0 Å². The standard InChI is InChI=1S/C40H46N6O15S3.C37H40N6O15/c1-19(44-32(50)10-26(62-4)38(44)56)13-41-29(47)7-23(35(41)53)59-16-22(17-60-24-8-30(48)42(36(24)54)14-20(2)45-33(51)11-27(63-5)39(45)57)18-61-25-9-31(49)43(37(25)55)15-21(3)46-34(52)12-28(64-6)40(46)58;44-26-4-5-27(45)38(26)10-1-13-41-32(50)16-23(35(41)53)56-19-22(20-57-24-17-33(51)42(36(24)54)14-2-11-39-28(46)6-7-29(39)47)21-58-25-18-34(52)43(37(25)55)15-3-12-40-30(48)8-9-31(40)49/h22-28H,1-3,7-18H2,4-6H3;4-9,22-25H,1-3,10-21H2. The fourth-order valence-electron chi connectivity index (χ4n) is 14.9. The smallest absolute Gasteiger partial charge is 0.259 e. The topological polar surface area (TPSA) is 504 Å². The third kappa shape index (κ3) is 20.3. The molecule has 0 aromatic rings. The molecule has 122 heavy (non-hydrogen) atoms. The van der Waals surface area contributed by atoms with Gasteiger partial charge in [0.15, 0.2) is 0 Å². The lowest BCUT2D eigenvalue weighted by molar-refractivity contribution is -0.148. The highest BCUT2D eigenvalue weighted by atomic mass is 32.2. The molecular weight excluding hydrogens is 1670 g/mol. The lowest BCUT2D eigenvalue weighted by Crippen LogP contribution is -2.41. The molecule has 12 rings (SSSR count). The Morgan fingerprint density at radius 2 is 0.451 bits per heavy atom. The van der Waals surface area contributed by atoms with Gasteiger partial charge < -0.3 is 28.4 Å². The highest BCUT2D eigenvalue weighted by Crippen LogP contribution is 2.33. The van der Waals surface area contributed by atoms with Crippen molar-refractivity contribution in [3.63, 3.8) is 0 Å². The Morgan fingerprint density at radius 3 is 0.639 bits per heavy atom. The molecule has 12 aliphatic heterocycles. The first-order chi connectivity index (χ1) is 58.0. The van der Waals surface area contributed by atoms with E-state index in [1.165, 1.54) is 35.3 Å². The summed E-state index contributed by atoms with van der Waals surface area (Å²) in [4.78, 5) is 315. The van der Waals surface area contributed by atoms with Crippen LogP contribution in [0.5, 0.6) is 0 Å². The van der Waals surface area contributed by atoms with Crippen LogP contribution < -0.4 is 0 Å². The summed E-state index contributed by atoms with van der Waals surface area (Å²) < 4.78 is 35.2. The minimum atomic E-state index is -1.34. The van der Waals surface area contributed by atoms with Crippen molar-refractivity contribution in [1.29, 1.82) is 0 Å². The average molecular weight is 1760 g/mol. The lowest BCUT2D eigenvalue weighted by atomic mass is 10.1. The van der Waals surface area contributed by atoms with E-state index in [1.54, 1.807) is 18.8 Å². The van der Waals surface area contributed by atoms with Crippen molar-refractivity contribution in [3.8, 4) is 0 Å². The van der Waals surface area contributed by atoms with Crippen LogP contribution in [0.2, 0.25) is 0 Å². The van der Waals surface area contributed by atoms with E-state index < -0.39 is 245 Å². The van der Waals surface area contributed by atoms with Gasteiger partial charge in [-0.15, -0.1) is 0 Å². The average Bonchev–Trinajstić information content (AvgIpc) is 1.65. The van der Waals surface area contributed by atoms with Crippen LogP contribution in [-0.2, 0) is 143 Å². The van der Waals surface area contributed by atoms with Gasteiger partial charge in [-0.1, -0.05) is 19.7 Å². The van der Waals surface area contributed by atoms with Gasteiger partial charge in [-0.05, 0) is 38.0 Å². The number of ether oxygens (including phenoxy) is 6. The van der Waals surface area contributed by atoms with E-state index in [0.717, 1.165) is 95.3 Å². The second-order valence-electron chi connectivity index (χ2n) is 29.7. The molecule has 9 fully saturated rings. The third-order valence-electron chi connectivity index (χ3n) is 21.5. The van der Waals surface area contributed by atoms with Crippen LogP contribution in [0, 0.1) is 11.8 Å². The predicted octanol–water partition coefficient (Wildman–Crippen LogP) is -3.97. The van der Waals surface area contributed by atoms with Crippen LogP contribution in [-0.4, -0.2) is 370 Å². The zero-order valence-corrected chi connectivity index (χ0v) is 68.8. The van der Waals surface area contributed by atoms with E-state index in [4.69, 9.17) is 28.4 Å². The van der Waals surface area contributed by atoms with E-state index in [2.05, 4.69) is 19.7 Å². The number of amides is 24. The number of likely N-dealkylation sites (tertiary alicyclic amines) is 9. The number of hydrogen-bond donors (Lipinski definition) is 0. The van der Waals surface area contributed by atoms with Crippen molar-refractivity contribution in [1.82, 2.24) is 58.8 Å². The number of carbonyl (C=O) groups excluding carboxylic acids is 24. The normalized spacial score (nSPS) is 25.6. The van der Waals surface area contributed by atoms with Gasteiger partial charge in [0.05, 0.1) is 114 Å². The van der Waals surface area contributed by atoms with Gasteiger partial charge in [-0.2, -0.15) is 35.3 Å². The maximum atomic E-state index is 13.4. The number of thioether (sulfide) groups is 3. The zero-order valence-electron chi connectivity index (χ0n) is 66.4.